The third-order valence-corrected chi connectivity index (χ3v) is 5.30. The van der Waals surface area contributed by atoms with Crippen molar-refractivity contribution in [3.8, 4) is 5.75 Å². The number of rotatable bonds is 13. The molecule has 0 bridgehead atoms. The first-order chi connectivity index (χ1) is 16.4. The molecule has 2 aliphatic heterocycles. The smallest absolute Gasteiger partial charge is 0.257 e. The quantitative estimate of drug-likeness (QED) is 0.242. The van der Waals surface area contributed by atoms with E-state index >= 15 is 0 Å². The van der Waals surface area contributed by atoms with E-state index in [0.29, 0.717) is 32.1 Å². The Kier molecular flexibility index (Phi) is 9.33. The maximum atomic E-state index is 12.9. The molecule has 0 aromatic heterocycles. The number of nitrogens with zero attached hydrogens (tertiary/aromatic N) is 1. The zero-order chi connectivity index (χ0) is 24.5. The average Bonchev–Trinajstić information content (AvgIpc) is 3.06. The largest absolute Gasteiger partial charge is 0.491 e. The van der Waals surface area contributed by atoms with Gasteiger partial charge in [0.15, 0.2) is 6.23 Å². The van der Waals surface area contributed by atoms with Crippen molar-refractivity contribution in [2.75, 3.05) is 53.3 Å². The fourth-order valence-electron chi connectivity index (χ4n) is 3.75. The molecule has 2 aliphatic rings. The van der Waals surface area contributed by atoms with Gasteiger partial charge in [-0.3, -0.25) is 29.4 Å². The number of ether oxygens (including phenoxy) is 4. The second-order valence-corrected chi connectivity index (χ2v) is 7.63. The first-order valence-electron chi connectivity index (χ1n) is 10.9. The fraction of sp³-hybridized carbons (Fsp3) is 0.545. The molecule has 0 radical (unpaired) electrons. The lowest BCUT2D eigenvalue weighted by atomic mass is 10.0. The van der Waals surface area contributed by atoms with E-state index in [1.54, 1.807) is 18.2 Å². The molecular weight excluding hydrogens is 450 g/mol. The van der Waals surface area contributed by atoms with Gasteiger partial charge in [-0.1, -0.05) is 6.07 Å². The van der Waals surface area contributed by atoms with Gasteiger partial charge in [0.05, 0.1) is 37.6 Å². The molecular formula is C22H29N3O9. The molecule has 12 nitrogen and oxygen atoms in total. The topological polar surface area (TPSA) is 153 Å². The summed E-state index contributed by atoms with van der Waals surface area (Å²) in [5.74, 6) is -1.39. The van der Waals surface area contributed by atoms with Crippen LogP contribution in [0.1, 0.15) is 35.0 Å². The van der Waals surface area contributed by atoms with Crippen molar-refractivity contribution in [1.29, 1.82) is 0 Å². The third-order valence-electron chi connectivity index (χ3n) is 5.30. The zero-order valence-electron chi connectivity index (χ0n) is 18.9. The maximum Gasteiger partial charge on any atom is 0.257 e. The van der Waals surface area contributed by atoms with Crippen LogP contribution >= 0.6 is 0 Å². The van der Waals surface area contributed by atoms with Gasteiger partial charge in [-0.25, -0.2) is 0 Å². The predicted molar refractivity (Wildman–Crippen MR) is 116 cm³/mol. The summed E-state index contributed by atoms with van der Waals surface area (Å²) in [6.45, 7) is 1.82. The Hall–Kier alpha value is -3.06. The molecule has 12 heteroatoms. The Bertz CT molecular complexity index is 908. The number of fused-ring (bicyclic) bond motifs is 1. The molecule has 2 unspecified atom stereocenters. The molecule has 0 spiro atoms. The SMILES string of the molecule is COCC(=O)NCCOCCOCCOc1cccc2c1C(O)N(C1CCC(=O)NC1=O)C2=O. The summed E-state index contributed by atoms with van der Waals surface area (Å²) in [6, 6.07) is 3.89. The van der Waals surface area contributed by atoms with Crippen LogP contribution in [0.25, 0.3) is 0 Å². The number of methoxy groups -OCH3 is 1. The number of hydrogen-bond acceptors (Lipinski definition) is 9. The highest BCUT2D eigenvalue weighted by Crippen LogP contribution is 2.40. The number of carbonyl (C=O) groups is 4. The van der Waals surface area contributed by atoms with Gasteiger partial charge in [-0.2, -0.15) is 0 Å². The van der Waals surface area contributed by atoms with Crippen LogP contribution in [0.5, 0.6) is 5.75 Å². The Morgan fingerprint density at radius 2 is 1.88 bits per heavy atom. The van der Waals surface area contributed by atoms with Crippen molar-refractivity contribution < 1.29 is 43.2 Å². The summed E-state index contributed by atoms with van der Waals surface area (Å²) < 4.78 is 21.2. The highest BCUT2D eigenvalue weighted by atomic mass is 16.5. The summed E-state index contributed by atoms with van der Waals surface area (Å²) in [5, 5.41) is 15.7. The maximum absolute atomic E-state index is 12.9. The van der Waals surface area contributed by atoms with E-state index in [0.717, 1.165) is 4.90 Å². The molecule has 2 atom stereocenters. The molecule has 3 rings (SSSR count). The van der Waals surface area contributed by atoms with Crippen LogP contribution in [0.15, 0.2) is 18.2 Å². The molecule has 0 aliphatic carbocycles. The second-order valence-electron chi connectivity index (χ2n) is 7.63. The Morgan fingerprint density at radius 1 is 1.15 bits per heavy atom. The molecule has 34 heavy (non-hydrogen) atoms. The van der Waals surface area contributed by atoms with Gasteiger partial charge in [0.25, 0.3) is 5.91 Å². The van der Waals surface area contributed by atoms with Crippen LogP contribution in [0.3, 0.4) is 0 Å². The number of imide groups is 1. The van der Waals surface area contributed by atoms with Gasteiger partial charge in [-0.05, 0) is 18.6 Å². The monoisotopic (exact) mass is 479 g/mol. The zero-order valence-corrected chi connectivity index (χ0v) is 18.9. The minimum Gasteiger partial charge on any atom is -0.491 e. The van der Waals surface area contributed by atoms with Crippen LogP contribution < -0.4 is 15.4 Å². The predicted octanol–water partition coefficient (Wildman–Crippen LogP) is -0.887. The van der Waals surface area contributed by atoms with Crippen LogP contribution in [-0.2, 0) is 28.6 Å². The van der Waals surface area contributed by atoms with E-state index in [-0.39, 0.29) is 49.7 Å². The minimum absolute atomic E-state index is 0.00781. The van der Waals surface area contributed by atoms with Crippen molar-refractivity contribution >= 4 is 23.6 Å². The first-order valence-corrected chi connectivity index (χ1v) is 10.9. The van der Waals surface area contributed by atoms with Gasteiger partial charge in [-0.15, -0.1) is 0 Å². The van der Waals surface area contributed by atoms with E-state index in [1.165, 1.54) is 7.11 Å². The van der Waals surface area contributed by atoms with Gasteiger partial charge in [0, 0.05) is 20.1 Å². The summed E-state index contributed by atoms with van der Waals surface area (Å²) in [4.78, 5) is 48.8. The number of aliphatic hydroxyl groups excluding tert-OH is 1. The normalized spacial score (nSPS) is 19.7. The molecule has 4 amide bonds. The van der Waals surface area contributed by atoms with Crippen molar-refractivity contribution in [2.24, 2.45) is 0 Å². The molecule has 186 valence electrons. The Balaban J connectivity index is 1.41. The highest BCUT2D eigenvalue weighted by Gasteiger charge is 2.45. The van der Waals surface area contributed by atoms with Crippen molar-refractivity contribution in [3.63, 3.8) is 0 Å². The number of nitrogens with one attached hydrogen (secondary N) is 2. The van der Waals surface area contributed by atoms with E-state index < -0.39 is 30.0 Å². The molecule has 0 saturated carbocycles. The van der Waals surface area contributed by atoms with Crippen LogP contribution in [0.2, 0.25) is 0 Å². The van der Waals surface area contributed by atoms with E-state index in [1.807, 2.05) is 0 Å². The summed E-state index contributed by atoms with van der Waals surface area (Å²) in [5.41, 5.74) is 0.540. The van der Waals surface area contributed by atoms with Crippen molar-refractivity contribution in [2.45, 2.75) is 25.1 Å². The van der Waals surface area contributed by atoms with Gasteiger partial charge < -0.3 is 29.4 Å². The van der Waals surface area contributed by atoms with Gasteiger partial charge in [0.2, 0.25) is 17.7 Å². The van der Waals surface area contributed by atoms with Crippen molar-refractivity contribution in [3.05, 3.63) is 29.3 Å². The first kappa shape index (κ1) is 25.6. The van der Waals surface area contributed by atoms with E-state index in [2.05, 4.69) is 10.6 Å². The molecule has 1 aromatic rings. The van der Waals surface area contributed by atoms with Crippen molar-refractivity contribution in [1.82, 2.24) is 15.5 Å². The lowest BCUT2D eigenvalue weighted by molar-refractivity contribution is -0.139. The number of hydrogen-bond donors (Lipinski definition) is 3. The number of aliphatic hydroxyl groups is 1. The van der Waals surface area contributed by atoms with Crippen LogP contribution in [0, 0.1) is 0 Å². The lowest BCUT2D eigenvalue weighted by Gasteiger charge is -2.32. The van der Waals surface area contributed by atoms with Crippen LogP contribution in [-0.4, -0.2) is 93.0 Å². The molecule has 1 aromatic carbocycles. The molecule has 1 saturated heterocycles. The molecule has 3 N–H and O–H groups in total. The average molecular weight is 479 g/mol. The number of carbonyl (C=O) groups excluding carboxylic acids is 4. The summed E-state index contributed by atoms with van der Waals surface area (Å²) in [7, 11) is 1.44. The standard InChI is InChI=1S/C22H29N3O9/c1-31-13-18(27)23-7-8-32-9-10-33-11-12-34-16-4-2-3-14-19(16)22(30)25(21(14)29)15-5-6-17(26)24-20(15)28/h2-4,15,22,30H,5-13H2,1H3,(H,23,27)(H,24,26,28). The number of piperidine rings is 1. The second kappa shape index (κ2) is 12.4. The molecule has 2 heterocycles. The highest BCUT2D eigenvalue weighted by molar-refractivity contribution is 6.06. The van der Waals surface area contributed by atoms with Gasteiger partial charge in [0.1, 0.15) is 25.0 Å². The number of benzene rings is 1. The van der Waals surface area contributed by atoms with E-state index in [9.17, 15) is 24.3 Å². The summed E-state index contributed by atoms with van der Waals surface area (Å²) in [6.07, 6.45) is -1.12. The lowest BCUT2D eigenvalue weighted by Crippen LogP contribution is -2.53. The summed E-state index contributed by atoms with van der Waals surface area (Å²) >= 11 is 0. The fourth-order valence-corrected chi connectivity index (χ4v) is 3.75. The third kappa shape index (κ3) is 6.29. The number of amides is 4. The molecule has 1 fully saturated rings. The van der Waals surface area contributed by atoms with Gasteiger partial charge >= 0.3 is 0 Å². The van der Waals surface area contributed by atoms with E-state index in [4.69, 9.17) is 18.9 Å². The Morgan fingerprint density at radius 3 is 2.62 bits per heavy atom. The van der Waals surface area contributed by atoms with Crippen LogP contribution in [0.4, 0.5) is 0 Å². The minimum atomic E-state index is -1.36. The Labute approximate surface area is 196 Å².